The van der Waals surface area contributed by atoms with Crippen LogP contribution in [-0.4, -0.2) is 30.2 Å². The third-order valence-corrected chi connectivity index (χ3v) is 2.99. The third-order valence-electron chi connectivity index (χ3n) is 2.99. The second-order valence-electron chi connectivity index (χ2n) is 5.26. The van der Waals surface area contributed by atoms with E-state index in [2.05, 4.69) is 36.1 Å². The molecule has 4 nitrogen and oxygen atoms in total. The van der Waals surface area contributed by atoms with Crippen LogP contribution in [-0.2, 0) is 6.42 Å². The summed E-state index contributed by atoms with van der Waals surface area (Å²) in [5, 5.41) is 3.36. The minimum atomic E-state index is 0.240. The monoisotopic (exact) mass is 237 g/mol. The van der Waals surface area contributed by atoms with Crippen molar-refractivity contribution in [3.8, 4) is 5.88 Å². The standard InChI is InChI=1S/C13H23N3O/c1-13(2,3)11(14-4)7-6-10-12(17-5)16-9-8-15-10/h8-9,11,14H,6-7H2,1-5H3. The molecule has 0 saturated heterocycles. The Morgan fingerprint density at radius 1 is 1.29 bits per heavy atom. The summed E-state index contributed by atoms with van der Waals surface area (Å²) in [6.45, 7) is 6.71. The van der Waals surface area contributed by atoms with Gasteiger partial charge in [0.2, 0.25) is 5.88 Å². The highest BCUT2D eigenvalue weighted by molar-refractivity contribution is 5.17. The van der Waals surface area contributed by atoms with Crippen molar-refractivity contribution in [3.63, 3.8) is 0 Å². The van der Waals surface area contributed by atoms with Crippen LogP contribution < -0.4 is 10.1 Å². The molecular formula is C13H23N3O. The highest BCUT2D eigenvalue weighted by atomic mass is 16.5. The first-order chi connectivity index (χ1) is 7.99. The van der Waals surface area contributed by atoms with Crippen molar-refractivity contribution >= 4 is 0 Å². The number of rotatable bonds is 5. The Morgan fingerprint density at radius 3 is 2.47 bits per heavy atom. The van der Waals surface area contributed by atoms with Crippen molar-refractivity contribution in [2.45, 2.75) is 39.7 Å². The van der Waals surface area contributed by atoms with Crippen molar-refractivity contribution < 1.29 is 4.74 Å². The second-order valence-corrected chi connectivity index (χ2v) is 5.26. The molecule has 0 aromatic carbocycles. The molecule has 1 N–H and O–H groups in total. The zero-order valence-corrected chi connectivity index (χ0v) is 11.4. The topological polar surface area (TPSA) is 47.0 Å². The molecule has 0 bridgehead atoms. The van der Waals surface area contributed by atoms with Gasteiger partial charge in [0, 0.05) is 18.4 Å². The lowest BCUT2D eigenvalue weighted by atomic mass is 9.84. The number of methoxy groups -OCH3 is 1. The Hall–Kier alpha value is -1.16. The number of aromatic nitrogens is 2. The first kappa shape index (κ1) is 13.9. The van der Waals surface area contributed by atoms with E-state index in [1.165, 1.54) is 0 Å². The van der Waals surface area contributed by atoms with Crippen LogP contribution in [0.2, 0.25) is 0 Å². The van der Waals surface area contributed by atoms with E-state index in [0.29, 0.717) is 11.9 Å². The van der Waals surface area contributed by atoms with Crippen molar-refractivity contribution in [1.29, 1.82) is 0 Å². The smallest absolute Gasteiger partial charge is 0.235 e. The number of hydrogen-bond acceptors (Lipinski definition) is 4. The van der Waals surface area contributed by atoms with E-state index in [9.17, 15) is 0 Å². The zero-order valence-electron chi connectivity index (χ0n) is 11.4. The number of hydrogen-bond donors (Lipinski definition) is 1. The summed E-state index contributed by atoms with van der Waals surface area (Å²) in [6.07, 6.45) is 5.26. The molecule has 1 aromatic rings. The number of ether oxygens (including phenoxy) is 1. The van der Waals surface area contributed by atoms with Gasteiger partial charge in [0.1, 0.15) is 5.69 Å². The summed E-state index contributed by atoms with van der Waals surface area (Å²) in [5.41, 5.74) is 1.17. The molecule has 4 heteroatoms. The number of nitrogens with one attached hydrogen (secondary N) is 1. The van der Waals surface area contributed by atoms with Gasteiger partial charge in [-0.05, 0) is 25.3 Å². The van der Waals surface area contributed by atoms with Crippen molar-refractivity contribution in [2.24, 2.45) is 5.41 Å². The lowest BCUT2D eigenvalue weighted by Crippen LogP contribution is -2.38. The van der Waals surface area contributed by atoms with Gasteiger partial charge in [0.05, 0.1) is 7.11 Å². The van der Waals surface area contributed by atoms with E-state index in [-0.39, 0.29) is 5.41 Å². The summed E-state index contributed by atoms with van der Waals surface area (Å²) in [5.74, 6) is 0.635. The summed E-state index contributed by atoms with van der Waals surface area (Å²) < 4.78 is 5.20. The minimum absolute atomic E-state index is 0.240. The van der Waals surface area contributed by atoms with Crippen LogP contribution in [0.25, 0.3) is 0 Å². The van der Waals surface area contributed by atoms with Crippen LogP contribution in [0, 0.1) is 5.41 Å². The average Bonchev–Trinajstić information content (AvgIpc) is 2.28. The first-order valence-corrected chi connectivity index (χ1v) is 6.00. The highest BCUT2D eigenvalue weighted by Crippen LogP contribution is 2.23. The van der Waals surface area contributed by atoms with Gasteiger partial charge in [-0.2, -0.15) is 0 Å². The van der Waals surface area contributed by atoms with Gasteiger partial charge in [-0.15, -0.1) is 0 Å². The van der Waals surface area contributed by atoms with Crippen LogP contribution in [0.1, 0.15) is 32.9 Å². The number of aryl methyl sites for hydroxylation is 1. The van der Waals surface area contributed by atoms with E-state index in [0.717, 1.165) is 18.5 Å². The molecule has 96 valence electrons. The Morgan fingerprint density at radius 2 is 1.94 bits per heavy atom. The average molecular weight is 237 g/mol. The lowest BCUT2D eigenvalue weighted by Gasteiger charge is -2.30. The van der Waals surface area contributed by atoms with Gasteiger partial charge < -0.3 is 10.1 Å². The largest absolute Gasteiger partial charge is 0.480 e. The van der Waals surface area contributed by atoms with Gasteiger partial charge in [-0.3, -0.25) is 4.98 Å². The quantitative estimate of drug-likeness (QED) is 0.851. The van der Waals surface area contributed by atoms with Crippen molar-refractivity contribution in [1.82, 2.24) is 15.3 Å². The normalized spacial score (nSPS) is 13.5. The lowest BCUT2D eigenvalue weighted by molar-refractivity contribution is 0.266. The van der Waals surface area contributed by atoms with Crippen LogP contribution >= 0.6 is 0 Å². The maximum absolute atomic E-state index is 5.20. The van der Waals surface area contributed by atoms with Crippen molar-refractivity contribution in [3.05, 3.63) is 18.1 Å². The SMILES string of the molecule is CNC(CCc1nccnc1OC)C(C)(C)C. The zero-order chi connectivity index (χ0) is 12.9. The van der Waals surface area contributed by atoms with Gasteiger partial charge in [-0.1, -0.05) is 20.8 Å². The van der Waals surface area contributed by atoms with Crippen molar-refractivity contribution in [2.75, 3.05) is 14.2 Å². The summed E-state index contributed by atoms with van der Waals surface area (Å²) in [7, 11) is 3.64. The van der Waals surface area contributed by atoms with E-state index in [4.69, 9.17) is 4.74 Å². The predicted molar refractivity (Wildman–Crippen MR) is 69.2 cm³/mol. The molecule has 0 aliphatic heterocycles. The Labute approximate surface area is 104 Å². The van der Waals surface area contributed by atoms with E-state index < -0.39 is 0 Å². The van der Waals surface area contributed by atoms with Crippen LogP contribution in [0.5, 0.6) is 5.88 Å². The molecule has 0 fully saturated rings. The Kier molecular flexibility index (Phi) is 4.87. The maximum atomic E-state index is 5.20. The molecule has 0 aliphatic rings. The fourth-order valence-electron chi connectivity index (χ4n) is 1.99. The molecule has 0 radical (unpaired) electrons. The second kappa shape index (κ2) is 5.96. The van der Waals surface area contributed by atoms with E-state index >= 15 is 0 Å². The van der Waals surface area contributed by atoms with Gasteiger partial charge in [0.15, 0.2) is 0 Å². The fraction of sp³-hybridized carbons (Fsp3) is 0.692. The molecule has 1 rings (SSSR count). The molecule has 0 amide bonds. The van der Waals surface area contributed by atoms with Gasteiger partial charge >= 0.3 is 0 Å². The van der Waals surface area contributed by atoms with E-state index in [1.807, 2.05) is 7.05 Å². The van der Waals surface area contributed by atoms with Gasteiger partial charge in [-0.25, -0.2) is 4.98 Å². The molecule has 1 heterocycles. The van der Waals surface area contributed by atoms with E-state index in [1.54, 1.807) is 19.5 Å². The molecule has 17 heavy (non-hydrogen) atoms. The fourth-order valence-corrected chi connectivity index (χ4v) is 1.99. The molecule has 1 aromatic heterocycles. The summed E-state index contributed by atoms with van der Waals surface area (Å²) in [4.78, 5) is 8.48. The maximum Gasteiger partial charge on any atom is 0.235 e. The molecule has 1 atom stereocenters. The molecule has 0 aliphatic carbocycles. The molecule has 0 spiro atoms. The number of nitrogens with zero attached hydrogens (tertiary/aromatic N) is 2. The van der Waals surface area contributed by atoms with Crippen LogP contribution in [0.15, 0.2) is 12.4 Å². The molecule has 1 unspecified atom stereocenters. The Bertz CT molecular complexity index is 347. The Balaban J connectivity index is 2.66. The summed E-state index contributed by atoms with van der Waals surface area (Å²) >= 11 is 0. The first-order valence-electron chi connectivity index (χ1n) is 6.00. The minimum Gasteiger partial charge on any atom is -0.480 e. The summed E-state index contributed by atoms with van der Waals surface area (Å²) in [6, 6.07) is 0.453. The molecule has 0 saturated carbocycles. The van der Waals surface area contributed by atoms with Crippen LogP contribution in [0.3, 0.4) is 0 Å². The predicted octanol–water partition coefficient (Wildman–Crippen LogP) is 2.05. The third kappa shape index (κ3) is 3.97. The van der Waals surface area contributed by atoms with Crippen LogP contribution in [0.4, 0.5) is 0 Å². The molecular weight excluding hydrogens is 214 g/mol. The highest BCUT2D eigenvalue weighted by Gasteiger charge is 2.23. The van der Waals surface area contributed by atoms with Gasteiger partial charge in [0.25, 0.3) is 0 Å².